The van der Waals surface area contributed by atoms with E-state index >= 15 is 0 Å². The van der Waals surface area contributed by atoms with E-state index in [-0.39, 0.29) is 17.9 Å². The zero-order valence-electron chi connectivity index (χ0n) is 11.1. The summed E-state index contributed by atoms with van der Waals surface area (Å²) in [6, 6.07) is 0. The molecule has 4 heteroatoms. The summed E-state index contributed by atoms with van der Waals surface area (Å²) >= 11 is 0. The average molecular weight is 254 g/mol. The van der Waals surface area contributed by atoms with Crippen molar-refractivity contribution in [1.82, 2.24) is 5.32 Å². The molecule has 1 amide bonds. The van der Waals surface area contributed by atoms with Gasteiger partial charge < -0.3 is 16.2 Å². The number of aliphatic hydroxyl groups excluding tert-OH is 1. The van der Waals surface area contributed by atoms with E-state index in [0.717, 1.165) is 45.1 Å². The van der Waals surface area contributed by atoms with Gasteiger partial charge in [-0.15, -0.1) is 0 Å². The van der Waals surface area contributed by atoms with E-state index in [1.54, 1.807) is 0 Å². The van der Waals surface area contributed by atoms with E-state index < -0.39 is 0 Å². The molecule has 2 rings (SSSR count). The molecule has 0 spiro atoms. The second kappa shape index (κ2) is 6.53. The smallest absolute Gasteiger partial charge is 0.223 e. The molecule has 0 aromatic rings. The maximum Gasteiger partial charge on any atom is 0.223 e. The van der Waals surface area contributed by atoms with Gasteiger partial charge in [-0.05, 0) is 50.5 Å². The van der Waals surface area contributed by atoms with Crippen molar-refractivity contribution in [3.8, 4) is 0 Å². The first kappa shape index (κ1) is 13.8. The van der Waals surface area contributed by atoms with Crippen LogP contribution in [0.1, 0.15) is 44.9 Å². The van der Waals surface area contributed by atoms with Crippen LogP contribution in [0.25, 0.3) is 0 Å². The molecule has 0 aromatic heterocycles. The van der Waals surface area contributed by atoms with Crippen LogP contribution in [0.5, 0.6) is 0 Å². The molecule has 0 heterocycles. The predicted octanol–water partition coefficient (Wildman–Crippen LogP) is 1.03. The highest BCUT2D eigenvalue weighted by molar-refractivity contribution is 5.79. The Morgan fingerprint density at radius 1 is 1.22 bits per heavy atom. The fraction of sp³-hybridized carbons (Fsp3) is 0.929. The molecule has 4 nitrogen and oxygen atoms in total. The zero-order chi connectivity index (χ0) is 13.0. The fourth-order valence-corrected chi connectivity index (χ4v) is 3.44. The molecule has 0 aromatic carbocycles. The number of nitrogens with one attached hydrogen (secondary N) is 1. The van der Waals surface area contributed by atoms with Crippen LogP contribution in [-0.2, 0) is 4.79 Å². The topological polar surface area (TPSA) is 75.4 Å². The number of nitrogens with two attached hydrogens (primary N) is 1. The minimum atomic E-state index is -0.154. The van der Waals surface area contributed by atoms with Gasteiger partial charge in [0.2, 0.25) is 5.91 Å². The summed E-state index contributed by atoms with van der Waals surface area (Å²) in [6.07, 6.45) is 7.04. The number of hydrogen-bond acceptors (Lipinski definition) is 3. The van der Waals surface area contributed by atoms with Gasteiger partial charge in [0.1, 0.15) is 0 Å². The maximum atomic E-state index is 12.2. The molecule has 2 fully saturated rings. The van der Waals surface area contributed by atoms with E-state index in [2.05, 4.69) is 5.32 Å². The summed E-state index contributed by atoms with van der Waals surface area (Å²) in [5, 5.41) is 12.5. The number of amides is 1. The first-order valence-electron chi connectivity index (χ1n) is 7.36. The highest BCUT2D eigenvalue weighted by Gasteiger charge is 2.30. The summed E-state index contributed by atoms with van der Waals surface area (Å²) in [7, 11) is 0. The second-order valence-electron chi connectivity index (χ2n) is 5.96. The van der Waals surface area contributed by atoms with Crippen LogP contribution in [0.4, 0.5) is 0 Å². The number of rotatable bonds is 4. The van der Waals surface area contributed by atoms with E-state index in [1.165, 1.54) is 6.42 Å². The molecule has 0 radical (unpaired) electrons. The molecule has 4 N–H and O–H groups in total. The largest absolute Gasteiger partial charge is 0.393 e. The van der Waals surface area contributed by atoms with Crippen molar-refractivity contribution in [3.63, 3.8) is 0 Å². The highest BCUT2D eigenvalue weighted by Crippen LogP contribution is 2.30. The van der Waals surface area contributed by atoms with Gasteiger partial charge in [0.25, 0.3) is 0 Å². The zero-order valence-corrected chi connectivity index (χ0v) is 11.1. The molecule has 4 atom stereocenters. The summed E-state index contributed by atoms with van der Waals surface area (Å²) in [6.45, 7) is 1.35. The fourth-order valence-electron chi connectivity index (χ4n) is 3.44. The Morgan fingerprint density at radius 3 is 2.67 bits per heavy atom. The lowest BCUT2D eigenvalue weighted by atomic mass is 9.78. The quantitative estimate of drug-likeness (QED) is 0.701. The first-order valence-corrected chi connectivity index (χ1v) is 7.36. The Balaban J connectivity index is 1.76. The Hall–Kier alpha value is -0.610. The van der Waals surface area contributed by atoms with Crippen LogP contribution >= 0.6 is 0 Å². The third-order valence-corrected chi connectivity index (χ3v) is 4.63. The van der Waals surface area contributed by atoms with Gasteiger partial charge in [-0.2, -0.15) is 0 Å². The lowest BCUT2D eigenvalue weighted by Gasteiger charge is -2.29. The van der Waals surface area contributed by atoms with Crippen molar-refractivity contribution in [2.45, 2.75) is 51.0 Å². The normalized spacial score (nSPS) is 36.6. The molecule has 2 aliphatic carbocycles. The highest BCUT2D eigenvalue weighted by atomic mass is 16.3. The van der Waals surface area contributed by atoms with Crippen LogP contribution in [0.15, 0.2) is 0 Å². The SMILES string of the molecule is NCC1CCCCC1C(=O)NCC1CCC(O)C1. The average Bonchev–Trinajstić information content (AvgIpc) is 2.81. The van der Waals surface area contributed by atoms with E-state index in [4.69, 9.17) is 5.73 Å². The molecule has 2 saturated carbocycles. The molecular formula is C14H26N2O2. The van der Waals surface area contributed by atoms with Gasteiger partial charge in [0.05, 0.1) is 6.10 Å². The molecule has 0 aliphatic heterocycles. The lowest BCUT2D eigenvalue weighted by Crippen LogP contribution is -2.40. The Morgan fingerprint density at radius 2 is 2.00 bits per heavy atom. The summed E-state index contributed by atoms with van der Waals surface area (Å²) in [5.74, 6) is 1.14. The molecule has 104 valence electrons. The second-order valence-corrected chi connectivity index (χ2v) is 5.96. The van der Waals surface area contributed by atoms with E-state index in [9.17, 15) is 9.90 Å². The Bertz CT molecular complexity index is 283. The van der Waals surface area contributed by atoms with Crippen molar-refractivity contribution >= 4 is 5.91 Å². The monoisotopic (exact) mass is 254 g/mol. The first-order chi connectivity index (χ1) is 8.70. The van der Waals surface area contributed by atoms with Gasteiger partial charge in [0.15, 0.2) is 0 Å². The molecular weight excluding hydrogens is 228 g/mol. The van der Waals surface area contributed by atoms with E-state index in [0.29, 0.717) is 18.4 Å². The van der Waals surface area contributed by atoms with Crippen molar-refractivity contribution in [3.05, 3.63) is 0 Å². The minimum absolute atomic E-state index is 0.120. The van der Waals surface area contributed by atoms with Crippen molar-refractivity contribution in [1.29, 1.82) is 0 Å². The molecule has 0 bridgehead atoms. The molecule has 0 saturated heterocycles. The minimum Gasteiger partial charge on any atom is -0.393 e. The Labute approximate surface area is 109 Å². The number of hydrogen-bond donors (Lipinski definition) is 3. The van der Waals surface area contributed by atoms with Gasteiger partial charge in [0, 0.05) is 12.5 Å². The predicted molar refractivity (Wildman–Crippen MR) is 70.9 cm³/mol. The van der Waals surface area contributed by atoms with Gasteiger partial charge in [-0.1, -0.05) is 12.8 Å². The standard InChI is InChI=1S/C14H26N2O2/c15-8-11-3-1-2-4-13(11)14(18)16-9-10-5-6-12(17)7-10/h10-13,17H,1-9,15H2,(H,16,18). The van der Waals surface area contributed by atoms with Gasteiger partial charge in [-0.3, -0.25) is 4.79 Å². The molecule has 4 unspecified atom stereocenters. The van der Waals surface area contributed by atoms with Crippen LogP contribution in [0, 0.1) is 17.8 Å². The van der Waals surface area contributed by atoms with Crippen molar-refractivity contribution in [2.75, 3.05) is 13.1 Å². The van der Waals surface area contributed by atoms with Gasteiger partial charge in [-0.25, -0.2) is 0 Å². The van der Waals surface area contributed by atoms with Crippen LogP contribution < -0.4 is 11.1 Å². The third kappa shape index (κ3) is 3.45. The lowest BCUT2D eigenvalue weighted by molar-refractivity contribution is -0.127. The summed E-state index contributed by atoms with van der Waals surface area (Å²) in [4.78, 5) is 12.2. The molecule has 2 aliphatic rings. The van der Waals surface area contributed by atoms with E-state index in [1.807, 2.05) is 0 Å². The van der Waals surface area contributed by atoms with Crippen LogP contribution in [-0.4, -0.2) is 30.2 Å². The van der Waals surface area contributed by atoms with Crippen molar-refractivity contribution in [2.24, 2.45) is 23.5 Å². The molecule has 18 heavy (non-hydrogen) atoms. The number of carbonyl (C=O) groups excluding carboxylic acids is 1. The van der Waals surface area contributed by atoms with Crippen LogP contribution in [0.3, 0.4) is 0 Å². The number of aliphatic hydroxyl groups is 1. The third-order valence-electron chi connectivity index (χ3n) is 4.63. The Kier molecular flexibility index (Phi) is 5.01. The van der Waals surface area contributed by atoms with Gasteiger partial charge >= 0.3 is 0 Å². The number of carbonyl (C=O) groups is 1. The summed E-state index contributed by atoms with van der Waals surface area (Å²) < 4.78 is 0. The summed E-state index contributed by atoms with van der Waals surface area (Å²) in [5.41, 5.74) is 5.75. The van der Waals surface area contributed by atoms with Crippen LogP contribution in [0.2, 0.25) is 0 Å². The van der Waals surface area contributed by atoms with Crippen molar-refractivity contribution < 1.29 is 9.90 Å². The maximum absolute atomic E-state index is 12.2.